The van der Waals surface area contributed by atoms with Crippen molar-refractivity contribution in [2.24, 2.45) is 0 Å². The van der Waals surface area contributed by atoms with Crippen molar-refractivity contribution >= 4 is 27.8 Å². The van der Waals surface area contributed by atoms with Crippen molar-refractivity contribution in [2.45, 2.75) is 19.6 Å². The van der Waals surface area contributed by atoms with Crippen LogP contribution in [0.3, 0.4) is 0 Å². The van der Waals surface area contributed by atoms with Crippen LogP contribution >= 0.6 is 0 Å². The molecule has 0 aliphatic carbocycles. The molecule has 5 rings (SSSR count). The molecule has 3 aromatic carbocycles. The number of carbonyl (C=O) groups is 1. The van der Waals surface area contributed by atoms with Crippen molar-refractivity contribution in [1.82, 2.24) is 19.4 Å². The van der Waals surface area contributed by atoms with Crippen LogP contribution in [0.1, 0.15) is 11.1 Å². The molecule has 158 valence electrons. The maximum absolute atomic E-state index is 13.5. The van der Waals surface area contributed by atoms with Crippen molar-refractivity contribution in [3.8, 4) is 0 Å². The van der Waals surface area contributed by atoms with E-state index in [1.54, 1.807) is 15.5 Å². The Morgan fingerprint density at radius 1 is 0.844 bits per heavy atom. The van der Waals surface area contributed by atoms with Gasteiger partial charge in [-0.15, -0.1) is 0 Å². The topological polar surface area (TPSA) is 68.9 Å². The van der Waals surface area contributed by atoms with Crippen LogP contribution in [0.5, 0.6) is 0 Å². The fourth-order valence-corrected chi connectivity index (χ4v) is 4.00. The lowest BCUT2D eigenvalue weighted by atomic mass is 10.2. The number of rotatable bonds is 6. The van der Waals surface area contributed by atoms with Gasteiger partial charge in [-0.25, -0.2) is 4.98 Å². The van der Waals surface area contributed by atoms with Crippen LogP contribution in [0.4, 0.5) is 0 Å². The summed E-state index contributed by atoms with van der Waals surface area (Å²) >= 11 is 0. The average Bonchev–Trinajstić information content (AvgIpc) is 3.15. The SMILES string of the molecule is O=C(Cn1c2ccccc2c2ncn(Cc3ccccc3)c(=O)c21)NCc1ccccc1. The number of aromatic nitrogens is 3. The normalized spacial score (nSPS) is 11.1. The number of nitrogens with one attached hydrogen (secondary N) is 1. The maximum atomic E-state index is 13.5. The quantitative estimate of drug-likeness (QED) is 0.454. The fourth-order valence-electron chi connectivity index (χ4n) is 4.00. The van der Waals surface area contributed by atoms with E-state index in [4.69, 9.17) is 0 Å². The second-order valence-electron chi connectivity index (χ2n) is 7.73. The van der Waals surface area contributed by atoms with E-state index < -0.39 is 0 Å². The third kappa shape index (κ3) is 3.78. The molecule has 1 N–H and O–H groups in total. The summed E-state index contributed by atoms with van der Waals surface area (Å²) in [5, 5.41) is 3.81. The molecule has 0 atom stereocenters. The molecule has 1 amide bonds. The van der Waals surface area contributed by atoms with Crippen molar-refractivity contribution in [2.75, 3.05) is 0 Å². The van der Waals surface area contributed by atoms with Gasteiger partial charge in [0, 0.05) is 11.9 Å². The van der Waals surface area contributed by atoms with E-state index in [-0.39, 0.29) is 18.0 Å². The van der Waals surface area contributed by atoms with E-state index in [1.165, 1.54) is 0 Å². The Morgan fingerprint density at radius 2 is 1.50 bits per heavy atom. The summed E-state index contributed by atoms with van der Waals surface area (Å²) in [6, 6.07) is 27.2. The van der Waals surface area contributed by atoms with Gasteiger partial charge in [0.05, 0.1) is 18.4 Å². The number of hydrogen-bond acceptors (Lipinski definition) is 3. The van der Waals surface area contributed by atoms with E-state index >= 15 is 0 Å². The van der Waals surface area contributed by atoms with E-state index in [9.17, 15) is 9.59 Å². The Hall–Kier alpha value is -4.19. The number of nitrogens with zero attached hydrogens (tertiary/aromatic N) is 3. The zero-order valence-electron chi connectivity index (χ0n) is 17.4. The summed E-state index contributed by atoms with van der Waals surface area (Å²) < 4.78 is 3.37. The molecule has 0 unspecified atom stereocenters. The van der Waals surface area contributed by atoms with E-state index in [2.05, 4.69) is 10.3 Å². The van der Waals surface area contributed by atoms with Gasteiger partial charge in [-0.2, -0.15) is 0 Å². The van der Waals surface area contributed by atoms with Crippen molar-refractivity contribution in [1.29, 1.82) is 0 Å². The number of para-hydroxylation sites is 1. The predicted octanol–water partition coefficient (Wildman–Crippen LogP) is 3.72. The van der Waals surface area contributed by atoms with E-state index in [0.29, 0.717) is 24.1 Å². The number of amides is 1. The molecule has 32 heavy (non-hydrogen) atoms. The lowest BCUT2D eigenvalue weighted by molar-refractivity contribution is -0.121. The summed E-state index contributed by atoms with van der Waals surface area (Å²) in [5.74, 6) is -0.158. The van der Waals surface area contributed by atoms with Gasteiger partial charge >= 0.3 is 0 Å². The summed E-state index contributed by atoms with van der Waals surface area (Å²) in [4.78, 5) is 30.8. The molecule has 0 aliphatic rings. The first kappa shape index (κ1) is 19.8. The third-order valence-corrected chi connectivity index (χ3v) is 5.56. The van der Waals surface area contributed by atoms with Crippen LogP contribution in [0.25, 0.3) is 21.9 Å². The molecule has 6 heteroatoms. The predicted molar refractivity (Wildman–Crippen MR) is 125 cm³/mol. The molecule has 0 bridgehead atoms. The van der Waals surface area contributed by atoms with Gasteiger partial charge in [0.1, 0.15) is 17.6 Å². The van der Waals surface area contributed by atoms with Crippen LogP contribution in [0.15, 0.2) is 96.1 Å². The third-order valence-electron chi connectivity index (χ3n) is 5.56. The van der Waals surface area contributed by atoms with Crippen LogP contribution in [-0.2, 0) is 24.4 Å². The second kappa shape index (κ2) is 8.51. The maximum Gasteiger partial charge on any atom is 0.278 e. The molecule has 0 radical (unpaired) electrons. The largest absolute Gasteiger partial charge is 0.350 e. The van der Waals surface area contributed by atoms with Crippen molar-refractivity contribution < 1.29 is 4.79 Å². The van der Waals surface area contributed by atoms with Gasteiger partial charge in [0.15, 0.2) is 0 Å². The molecule has 2 heterocycles. The zero-order chi connectivity index (χ0) is 21.9. The summed E-state index contributed by atoms with van der Waals surface area (Å²) in [6.45, 7) is 0.904. The lowest BCUT2D eigenvalue weighted by Crippen LogP contribution is -2.29. The Balaban J connectivity index is 1.53. The molecule has 0 aliphatic heterocycles. The molecule has 6 nitrogen and oxygen atoms in total. The minimum absolute atomic E-state index is 0.0448. The summed E-state index contributed by atoms with van der Waals surface area (Å²) in [6.07, 6.45) is 1.59. The Bertz CT molecular complexity index is 1450. The van der Waals surface area contributed by atoms with Crippen LogP contribution in [0.2, 0.25) is 0 Å². The molecular formula is C26H22N4O2. The Kier molecular flexibility index (Phi) is 5.25. The summed E-state index contributed by atoms with van der Waals surface area (Å²) in [7, 11) is 0. The standard InChI is InChI=1S/C26H22N4O2/c31-23(27-15-19-9-3-1-4-10-19)17-30-22-14-8-7-13-21(22)24-25(30)26(32)29(18-28-24)16-20-11-5-2-6-12-20/h1-14,18H,15-17H2,(H,27,31). The highest BCUT2D eigenvalue weighted by molar-refractivity contribution is 6.06. The number of hydrogen-bond donors (Lipinski definition) is 1. The number of fused-ring (bicyclic) bond motifs is 3. The molecule has 2 aromatic heterocycles. The minimum atomic E-state index is -0.161. The van der Waals surface area contributed by atoms with Crippen LogP contribution in [0, 0.1) is 0 Å². The highest BCUT2D eigenvalue weighted by Gasteiger charge is 2.18. The van der Waals surface area contributed by atoms with Gasteiger partial charge in [0.2, 0.25) is 5.91 Å². The van der Waals surface area contributed by atoms with Crippen LogP contribution < -0.4 is 10.9 Å². The van der Waals surface area contributed by atoms with E-state index in [1.807, 2.05) is 84.9 Å². The minimum Gasteiger partial charge on any atom is -0.350 e. The van der Waals surface area contributed by atoms with E-state index in [0.717, 1.165) is 22.0 Å². The van der Waals surface area contributed by atoms with Gasteiger partial charge in [0.25, 0.3) is 5.56 Å². The molecule has 0 saturated heterocycles. The first-order valence-electron chi connectivity index (χ1n) is 10.5. The van der Waals surface area contributed by atoms with Gasteiger partial charge < -0.3 is 9.88 Å². The lowest BCUT2D eigenvalue weighted by Gasteiger charge is -2.10. The van der Waals surface area contributed by atoms with Gasteiger partial charge in [-0.05, 0) is 17.2 Å². The van der Waals surface area contributed by atoms with Gasteiger partial charge in [-0.1, -0.05) is 78.9 Å². The van der Waals surface area contributed by atoms with Crippen molar-refractivity contribution in [3.63, 3.8) is 0 Å². The fraction of sp³-hybridized carbons (Fsp3) is 0.115. The highest BCUT2D eigenvalue weighted by atomic mass is 16.2. The van der Waals surface area contributed by atoms with Crippen molar-refractivity contribution in [3.05, 3.63) is 113 Å². The monoisotopic (exact) mass is 422 g/mol. The number of carbonyl (C=O) groups excluding carboxylic acids is 1. The van der Waals surface area contributed by atoms with Gasteiger partial charge in [-0.3, -0.25) is 14.2 Å². The highest BCUT2D eigenvalue weighted by Crippen LogP contribution is 2.25. The number of benzene rings is 3. The Morgan fingerprint density at radius 3 is 2.25 bits per heavy atom. The first-order valence-corrected chi connectivity index (χ1v) is 10.5. The molecule has 0 saturated carbocycles. The first-order chi connectivity index (χ1) is 15.7. The zero-order valence-corrected chi connectivity index (χ0v) is 17.4. The Labute approximate surface area is 184 Å². The molecule has 5 aromatic rings. The van der Waals surface area contributed by atoms with Crippen LogP contribution in [-0.4, -0.2) is 20.0 Å². The molecule has 0 fully saturated rings. The second-order valence-corrected chi connectivity index (χ2v) is 7.73. The molecular weight excluding hydrogens is 400 g/mol. The smallest absolute Gasteiger partial charge is 0.278 e. The average molecular weight is 422 g/mol. The molecule has 0 spiro atoms. The summed E-state index contributed by atoms with van der Waals surface area (Å²) in [5.41, 5.74) is 3.75.